The quantitative estimate of drug-likeness (QED) is 0.379. The SMILES string of the molecule is O=P1(c2ccccc2)c2ccccc2C2Sc3ccccc3C2c2ccccc21. The highest BCUT2D eigenvalue weighted by molar-refractivity contribution is 8.00. The second kappa shape index (κ2) is 6.49. The molecule has 29 heavy (non-hydrogen) atoms. The summed E-state index contributed by atoms with van der Waals surface area (Å²) in [6.07, 6.45) is 0. The van der Waals surface area contributed by atoms with E-state index in [-0.39, 0.29) is 11.2 Å². The Kier molecular flexibility index (Phi) is 3.88. The van der Waals surface area contributed by atoms with E-state index in [9.17, 15) is 0 Å². The summed E-state index contributed by atoms with van der Waals surface area (Å²) in [5.41, 5.74) is 3.77. The van der Waals surface area contributed by atoms with E-state index in [0.717, 1.165) is 15.9 Å². The van der Waals surface area contributed by atoms with Crippen LogP contribution in [0, 0.1) is 0 Å². The van der Waals surface area contributed by atoms with Crippen LogP contribution in [0.4, 0.5) is 0 Å². The molecule has 3 unspecified atom stereocenters. The van der Waals surface area contributed by atoms with Crippen molar-refractivity contribution in [3.05, 3.63) is 120 Å². The number of rotatable bonds is 1. The molecule has 0 saturated carbocycles. The Morgan fingerprint density at radius 2 is 1.14 bits per heavy atom. The summed E-state index contributed by atoms with van der Waals surface area (Å²) < 4.78 is 15.0. The zero-order valence-corrected chi connectivity index (χ0v) is 17.4. The molecule has 140 valence electrons. The fourth-order valence-corrected chi connectivity index (χ4v) is 9.65. The minimum Gasteiger partial charge on any atom is -0.309 e. The molecule has 4 aromatic carbocycles. The van der Waals surface area contributed by atoms with Crippen LogP contribution in [-0.2, 0) is 4.57 Å². The van der Waals surface area contributed by atoms with Crippen molar-refractivity contribution in [2.75, 3.05) is 0 Å². The van der Waals surface area contributed by atoms with E-state index in [4.69, 9.17) is 0 Å². The van der Waals surface area contributed by atoms with E-state index < -0.39 is 7.14 Å². The minimum absolute atomic E-state index is 0.216. The second-order valence-corrected chi connectivity index (χ2v) is 11.5. The number of fused-ring (bicyclic) bond motifs is 7. The van der Waals surface area contributed by atoms with E-state index in [1.807, 2.05) is 54.2 Å². The summed E-state index contributed by atoms with van der Waals surface area (Å²) in [7, 11) is -2.97. The standard InChI is InChI=1S/C26H19OPS/c27-28(18-10-2-1-3-11-18)22-15-7-4-12-19(22)25-21-14-6-9-17-24(21)29-26(25)20-13-5-8-16-23(20)28/h1-17,25-26H. The molecule has 0 aromatic heterocycles. The van der Waals surface area contributed by atoms with Crippen molar-refractivity contribution in [2.45, 2.75) is 16.1 Å². The van der Waals surface area contributed by atoms with Crippen molar-refractivity contribution >= 4 is 34.8 Å². The Labute approximate surface area is 175 Å². The molecular weight excluding hydrogens is 391 g/mol. The van der Waals surface area contributed by atoms with Crippen molar-refractivity contribution in [1.29, 1.82) is 0 Å². The van der Waals surface area contributed by atoms with E-state index >= 15 is 4.57 Å². The van der Waals surface area contributed by atoms with Crippen LogP contribution in [0.1, 0.15) is 27.9 Å². The topological polar surface area (TPSA) is 17.1 Å². The van der Waals surface area contributed by atoms with Gasteiger partial charge in [0.1, 0.15) is 0 Å². The van der Waals surface area contributed by atoms with Gasteiger partial charge in [0.2, 0.25) is 0 Å². The Hall–Kier alpha value is -2.54. The van der Waals surface area contributed by atoms with Crippen molar-refractivity contribution in [3.63, 3.8) is 0 Å². The maximum atomic E-state index is 15.0. The maximum absolute atomic E-state index is 15.0. The highest BCUT2D eigenvalue weighted by atomic mass is 32.2. The lowest BCUT2D eigenvalue weighted by Gasteiger charge is -2.22. The zero-order valence-electron chi connectivity index (χ0n) is 15.7. The fourth-order valence-electron chi connectivity index (χ4n) is 4.88. The summed E-state index contributed by atoms with van der Waals surface area (Å²) in [4.78, 5) is 1.34. The lowest BCUT2D eigenvalue weighted by atomic mass is 9.86. The van der Waals surface area contributed by atoms with Gasteiger partial charge in [0.15, 0.2) is 7.14 Å². The number of thioether (sulfide) groups is 1. The maximum Gasteiger partial charge on any atom is 0.171 e. The second-order valence-electron chi connectivity index (χ2n) is 7.62. The molecule has 0 N–H and O–H groups in total. The number of benzene rings is 4. The highest BCUT2D eigenvalue weighted by Gasteiger charge is 2.46. The van der Waals surface area contributed by atoms with Crippen LogP contribution in [0.15, 0.2) is 108 Å². The van der Waals surface area contributed by atoms with Crippen LogP contribution in [0.2, 0.25) is 0 Å². The van der Waals surface area contributed by atoms with Gasteiger partial charge in [0, 0.05) is 32.0 Å². The summed E-state index contributed by atoms with van der Waals surface area (Å²) in [5.74, 6) is 0.216. The first-order chi connectivity index (χ1) is 14.3. The van der Waals surface area contributed by atoms with Gasteiger partial charge < -0.3 is 4.57 Å². The predicted octanol–water partition coefficient (Wildman–Crippen LogP) is 5.62. The molecule has 4 aromatic rings. The van der Waals surface area contributed by atoms with Crippen molar-refractivity contribution in [3.8, 4) is 0 Å². The average molecular weight is 410 g/mol. The average Bonchev–Trinajstić information content (AvgIpc) is 3.15. The van der Waals surface area contributed by atoms with Crippen LogP contribution in [0.3, 0.4) is 0 Å². The lowest BCUT2D eigenvalue weighted by Crippen LogP contribution is -2.27. The van der Waals surface area contributed by atoms with Gasteiger partial charge in [-0.25, -0.2) is 0 Å². The van der Waals surface area contributed by atoms with E-state index in [2.05, 4.69) is 60.7 Å². The molecule has 0 saturated heterocycles. The van der Waals surface area contributed by atoms with Gasteiger partial charge in [-0.05, 0) is 22.8 Å². The van der Waals surface area contributed by atoms with Gasteiger partial charge in [-0.2, -0.15) is 0 Å². The first kappa shape index (κ1) is 17.3. The van der Waals surface area contributed by atoms with Crippen LogP contribution in [0.5, 0.6) is 0 Å². The fraction of sp³-hybridized carbons (Fsp3) is 0.0769. The van der Waals surface area contributed by atoms with Gasteiger partial charge in [-0.3, -0.25) is 0 Å². The molecule has 3 atom stereocenters. The Bertz CT molecular complexity index is 1280. The molecule has 3 heteroatoms. The minimum atomic E-state index is -2.97. The number of hydrogen-bond acceptors (Lipinski definition) is 2. The van der Waals surface area contributed by atoms with E-state index in [0.29, 0.717) is 0 Å². The first-order valence-electron chi connectivity index (χ1n) is 9.89. The van der Waals surface area contributed by atoms with Gasteiger partial charge in [0.05, 0.1) is 0 Å². The molecule has 6 rings (SSSR count). The molecule has 2 aliphatic heterocycles. The summed E-state index contributed by atoms with van der Waals surface area (Å²) in [5, 5.41) is 3.14. The highest BCUT2D eigenvalue weighted by Crippen LogP contribution is 2.61. The number of hydrogen-bond donors (Lipinski definition) is 0. The van der Waals surface area contributed by atoms with Gasteiger partial charge in [-0.1, -0.05) is 97.1 Å². The van der Waals surface area contributed by atoms with Crippen LogP contribution in [-0.4, -0.2) is 0 Å². The van der Waals surface area contributed by atoms with E-state index in [1.54, 1.807) is 0 Å². The third kappa shape index (κ3) is 2.40. The molecule has 0 bridgehead atoms. The first-order valence-corrected chi connectivity index (χ1v) is 12.5. The Morgan fingerprint density at radius 3 is 1.90 bits per heavy atom. The smallest absolute Gasteiger partial charge is 0.171 e. The van der Waals surface area contributed by atoms with Crippen molar-refractivity contribution < 1.29 is 4.57 Å². The summed E-state index contributed by atoms with van der Waals surface area (Å²) >= 11 is 1.91. The van der Waals surface area contributed by atoms with Gasteiger partial charge in [0.25, 0.3) is 0 Å². The predicted molar refractivity (Wildman–Crippen MR) is 123 cm³/mol. The molecule has 0 spiro atoms. The van der Waals surface area contributed by atoms with Gasteiger partial charge in [-0.15, -0.1) is 11.8 Å². The zero-order chi connectivity index (χ0) is 19.4. The van der Waals surface area contributed by atoms with Crippen LogP contribution in [0.25, 0.3) is 0 Å². The van der Waals surface area contributed by atoms with Gasteiger partial charge >= 0.3 is 0 Å². The Balaban J connectivity index is 1.75. The van der Waals surface area contributed by atoms with Crippen LogP contribution < -0.4 is 15.9 Å². The molecule has 1 nitrogen and oxygen atoms in total. The third-order valence-electron chi connectivity index (χ3n) is 6.12. The normalized spacial score (nSPS) is 24.0. The molecule has 0 fully saturated rings. The summed E-state index contributed by atoms with van der Waals surface area (Å²) in [6.45, 7) is 0. The molecular formula is C26H19OPS. The molecule has 2 heterocycles. The molecule has 2 aliphatic rings. The van der Waals surface area contributed by atoms with E-state index in [1.165, 1.54) is 21.6 Å². The lowest BCUT2D eigenvalue weighted by molar-refractivity contribution is 0.592. The molecule has 0 aliphatic carbocycles. The Morgan fingerprint density at radius 1 is 0.586 bits per heavy atom. The third-order valence-corrected chi connectivity index (χ3v) is 10.7. The van der Waals surface area contributed by atoms with Crippen LogP contribution >= 0.6 is 18.9 Å². The van der Waals surface area contributed by atoms with Crippen molar-refractivity contribution in [2.24, 2.45) is 0 Å². The molecule has 0 radical (unpaired) electrons. The largest absolute Gasteiger partial charge is 0.309 e. The summed E-state index contributed by atoms with van der Waals surface area (Å²) in [6, 6.07) is 35.5. The monoisotopic (exact) mass is 410 g/mol. The molecule has 0 amide bonds. The van der Waals surface area contributed by atoms with Crippen molar-refractivity contribution in [1.82, 2.24) is 0 Å².